The van der Waals surface area contributed by atoms with E-state index in [1.807, 2.05) is 0 Å². The highest BCUT2D eigenvalue weighted by Gasteiger charge is 2.39. The fourth-order valence-corrected chi connectivity index (χ4v) is 3.68. The van der Waals surface area contributed by atoms with Gasteiger partial charge in [0.25, 0.3) is 0 Å². The summed E-state index contributed by atoms with van der Waals surface area (Å²) in [6.07, 6.45) is 2.60. The van der Waals surface area contributed by atoms with Crippen molar-refractivity contribution in [3.05, 3.63) is 21.7 Å². The average Bonchev–Trinajstić information content (AvgIpc) is 2.86. The van der Waals surface area contributed by atoms with E-state index >= 15 is 0 Å². The number of hydrogen-bond acceptors (Lipinski definition) is 5. The lowest BCUT2D eigenvalue weighted by molar-refractivity contribution is -0.143. The molecule has 5 nitrogen and oxygen atoms in total. The van der Waals surface area contributed by atoms with Crippen LogP contribution in [0.1, 0.15) is 36.3 Å². The number of ketones is 1. The van der Waals surface area contributed by atoms with Gasteiger partial charge >= 0.3 is 5.97 Å². The van der Waals surface area contributed by atoms with E-state index in [1.54, 1.807) is 16.8 Å². The van der Waals surface area contributed by atoms with E-state index in [9.17, 15) is 14.7 Å². The van der Waals surface area contributed by atoms with Gasteiger partial charge in [-0.25, -0.2) is 4.98 Å². The van der Waals surface area contributed by atoms with Gasteiger partial charge in [-0.1, -0.05) is 6.92 Å². The summed E-state index contributed by atoms with van der Waals surface area (Å²) in [6, 6.07) is 0. The van der Waals surface area contributed by atoms with Crippen LogP contribution in [0, 0.1) is 5.92 Å². The molecule has 1 aliphatic heterocycles. The molecule has 0 saturated carbocycles. The molecule has 0 aromatic carbocycles. The first-order chi connectivity index (χ1) is 9.13. The highest BCUT2D eigenvalue weighted by atomic mass is 32.1. The number of fused-ring (bicyclic) bond motifs is 2. The van der Waals surface area contributed by atoms with Crippen molar-refractivity contribution in [2.24, 2.45) is 10.9 Å². The third kappa shape index (κ3) is 1.74. The Morgan fingerprint density at radius 3 is 3.05 bits per heavy atom. The van der Waals surface area contributed by atoms with Gasteiger partial charge in [0.15, 0.2) is 5.78 Å². The van der Waals surface area contributed by atoms with Gasteiger partial charge in [0.2, 0.25) is 0 Å². The zero-order valence-electron chi connectivity index (χ0n) is 10.3. The van der Waals surface area contributed by atoms with Gasteiger partial charge in [0.1, 0.15) is 11.6 Å². The molecule has 2 aliphatic rings. The molecule has 2 heterocycles. The van der Waals surface area contributed by atoms with Gasteiger partial charge in [0.05, 0.1) is 17.4 Å². The van der Waals surface area contributed by atoms with Crippen molar-refractivity contribution in [1.29, 1.82) is 0 Å². The molecule has 0 bridgehead atoms. The van der Waals surface area contributed by atoms with Crippen molar-refractivity contribution >= 4 is 35.0 Å². The van der Waals surface area contributed by atoms with Crippen LogP contribution in [0.4, 0.5) is 0 Å². The summed E-state index contributed by atoms with van der Waals surface area (Å²) in [5.74, 6) is -2.39. The Morgan fingerprint density at radius 1 is 1.58 bits per heavy atom. The second-order valence-corrected chi connectivity index (χ2v) is 5.57. The summed E-state index contributed by atoms with van der Waals surface area (Å²) in [7, 11) is 0. The molecule has 0 radical (unpaired) electrons. The Bertz CT molecular complexity index is 630. The normalized spacial score (nSPS) is 25.2. The van der Waals surface area contributed by atoms with E-state index in [1.165, 1.54) is 0 Å². The maximum atomic E-state index is 11.8. The van der Waals surface area contributed by atoms with Crippen LogP contribution in [0.25, 0.3) is 5.70 Å². The average molecular weight is 276 g/mol. The maximum Gasteiger partial charge on any atom is 0.318 e. The van der Waals surface area contributed by atoms with Gasteiger partial charge < -0.3 is 5.11 Å². The van der Waals surface area contributed by atoms with Crippen LogP contribution in [-0.2, 0) is 9.59 Å². The SMILES string of the molecule is CCC1CC2=C(N=CC(=O)C2C(=O)O)c2ncsc21. The lowest BCUT2D eigenvalue weighted by Crippen LogP contribution is -2.32. The minimum atomic E-state index is -1.10. The molecule has 1 N–H and O–H groups in total. The first kappa shape index (κ1) is 12.2. The zero-order chi connectivity index (χ0) is 13.6. The van der Waals surface area contributed by atoms with Crippen molar-refractivity contribution < 1.29 is 14.7 Å². The lowest BCUT2D eigenvalue weighted by atomic mass is 9.79. The van der Waals surface area contributed by atoms with Crippen molar-refractivity contribution in [2.75, 3.05) is 0 Å². The fraction of sp³-hybridized carbons (Fsp3) is 0.385. The number of nitrogens with zero attached hydrogens (tertiary/aromatic N) is 2. The second kappa shape index (κ2) is 4.38. The minimum absolute atomic E-state index is 0.240. The van der Waals surface area contributed by atoms with Crippen LogP contribution in [-0.4, -0.2) is 28.1 Å². The number of thiazole rings is 1. The number of aromatic nitrogens is 1. The summed E-state index contributed by atoms with van der Waals surface area (Å²) in [6.45, 7) is 2.06. The predicted octanol–water partition coefficient (Wildman–Crippen LogP) is 2.11. The molecule has 2 unspecified atom stereocenters. The van der Waals surface area contributed by atoms with E-state index in [-0.39, 0.29) is 5.92 Å². The van der Waals surface area contributed by atoms with Gasteiger partial charge in [-0.3, -0.25) is 14.6 Å². The van der Waals surface area contributed by atoms with Crippen LogP contribution in [0.3, 0.4) is 0 Å². The molecule has 0 amide bonds. The first-order valence-corrected chi connectivity index (χ1v) is 6.99. The molecule has 6 heteroatoms. The highest BCUT2D eigenvalue weighted by Crippen LogP contribution is 2.45. The second-order valence-electron chi connectivity index (χ2n) is 4.68. The molecule has 3 rings (SSSR count). The van der Waals surface area contributed by atoms with E-state index in [0.717, 1.165) is 23.2 Å². The Kier molecular flexibility index (Phi) is 2.82. The summed E-state index contributed by atoms with van der Waals surface area (Å²) in [5.41, 5.74) is 3.72. The van der Waals surface area contributed by atoms with Gasteiger partial charge in [-0.2, -0.15) is 0 Å². The number of aliphatic imine (C=N–C) groups is 1. The van der Waals surface area contributed by atoms with Crippen LogP contribution in [0.2, 0.25) is 0 Å². The number of carboxylic acids is 1. The van der Waals surface area contributed by atoms with E-state index < -0.39 is 17.7 Å². The molecule has 0 saturated heterocycles. The van der Waals surface area contributed by atoms with E-state index in [0.29, 0.717) is 17.7 Å². The number of carbonyl (C=O) groups is 2. The van der Waals surface area contributed by atoms with Gasteiger partial charge in [-0.05, 0) is 24.3 Å². The summed E-state index contributed by atoms with van der Waals surface area (Å²) >= 11 is 1.57. The molecule has 98 valence electrons. The van der Waals surface area contributed by atoms with Crippen LogP contribution < -0.4 is 0 Å². The first-order valence-electron chi connectivity index (χ1n) is 6.11. The third-order valence-corrected chi connectivity index (χ3v) is 4.65. The topological polar surface area (TPSA) is 79.6 Å². The Hall–Kier alpha value is -1.82. The molecular weight excluding hydrogens is 264 g/mol. The van der Waals surface area contributed by atoms with E-state index in [2.05, 4.69) is 16.9 Å². The quantitative estimate of drug-likeness (QED) is 0.839. The molecule has 1 aliphatic carbocycles. The van der Waals surface area contributed by atoms with Gasteiger partial charge in [-0.15, -0.1) is 11.3 Å². The standard InChI is InChI=1S/C13H12N2O3S/c1-2-6-3-7-9(13(17)18)8(16)4-14-10(7)11-12(6)19-5-15-11/h4-6,9H,2-3H2,1H3,(H,17,18). The number of carboxylic acid groups (broad SMARTS) is 1. The monoisotopic (exact) mass is 276 g/mol. The number of rotatable bonds is 2. The number of hydrogen-bond donors (Lipinski definition) is 1. The van der Waals surface area contributed by atoms with Crippen LogP contribution in [0.5, 0.6) is 0 Å². The lowest BCUT2D eigenvalue weighted by Gasteiger charge is -2.28. The van der Waals surface area contributed by atoms with Crippen molar-refractivity contribution in [2.45, 2.75) is 25.7 Å². The Labute approximate surface area is 113 Å². The maximum absolute atomic E-state index is 11.8. The highest BCUT2D eigenvalue weighted by molar-refractivity contribution is 7.10. The third-order valence-electron chi connectivity index (χ3n) is 3.65. The molecule has 1 aromatic heterocycles. The van der Waals surface area contributed by atoms with Gasteiger partial charge in [0, 0.05) is 4.88 Å². The van der Waals surface area contributed by atoms with Crippen molar-refractivity contribution in [1.82, 2.24) is 4.98 Å². The molecule has 1 aromatic rings. The Balaban J connectivity index is 2.18. The Morgan fingerprint density at radius 2 is 2.37 bits per heavy atom. The zero-order valence-corrected chi connectivity index (χ0v) is 11.1. The smallest absolute Gasteiger partial charge is 0.318 e. The molecule has 2 atom stereocenters. The summed E-state index contributed by atoms with van der Waals surface area (Å²) < 4.78 is 0. The predicted molar refractivity (Wildman–Crippen MR) is 71.3 cm³/mol. The van der Waals surface area contributed by atoms with Crippen LogP contribution >= 0.6 is 11.3 Å². The molecule has 0 fully saturated rings. The minimum Gasteiger partial charge on any atom is -0.480 e. The number of aliphatic carboxylic acids is 1. The van der Waals surface area contributed by atoms with Crippen LogP contribution in [0.15, 0.2) is 16.1 Å². The number of Topliss-reactive ketones (excluding diaryl/α,β-unsaturated/α-hetero) is 1. The molecule has 0 spiro atoms. The largest absolute Gasteiger partial charge is 0.480 e. The summed E-state index contributed by atoms with van der Waals surface area (Å²) in [5, 5.41) is 9.27. The number of carbonyl (C=O) groups excluding carboxylic acids is 1. The summed E-state index contributed by atoms with van der Waals surface area (Å²) in [4.78, 5) is 32.7. The molecular formula is C13H12N2O3S. The van der Waals surface area contributed by atoms with E-state index in [4.69, 9.17) is 0 Å². The van der Waals surface area contributed by atoms with Crippen molar-refractivity contribution in [3.8, 4) is 0 Å². The van der Waals surface area contributed by atoms with Crippen molar-refractivity contribution in [3.63, 3.8) is 0 Å². The molecule has 19 heavy (non-hydrogen) atoms. The fourth-order valence-electron chi connectivity index (χ4n) is 2.70.